The van der Waals surface area contributed by atoms with Gasteiger partial charge in [-0.1, -0.05) is 34.6 Å². The van der Waals surface area contributed by atoms with E-state index in [4.69, 9.17) is 18.9 Å². The number of rotatable bonds is 6. The summed E-state index contributed by atoms with van der Waals surface area (Å²) in [5, 5.41) is 23.6. The van der Waals surface area contributed by atoms with Crippen LogP contribution in [-0.2, 0) is 23.7 Å². The third kappa shape index (κ3) is 4.34. The van der Waals surface area contributed by atoms with Gasteiger partial charge in [-0.15, -0.1) is 0 Å². The Morgan fingerprint density at radius 3 is 2.40 bits per heavy atom. The van der Waals surface area contributed by atoms with Crippen molar-refractivity contribution < 1.29 is 34.0 Å². The second kappa shape index (κ2) is 10.6. The number of carbonyl (C=O) groups excluding carboxylic acids is 1. The largest absolute Gasteiger partial charge is 0.462 e. The highest BCUT2D eigenvalue weighted by molar-refractivity contribution is 5.73. The Morgan fingerprint density at radius 2 is 1.73 bits per heavy atom. The Balaban J connectivity index is 1.14. The zero-order valence-corrected chi connectivity index (χ0v) is 29.4. The molecule has 7 rings (SSSR count). The molecule has 14 atom stereocenters. The summed E-state index contributed by atoms with van der Waals surface area (Å²) in [5.74, 6) is 1.48. The molecule has 2 N–H and O–H groups in total. The molecule has 256 valence electrons. The molecule has 7 aliphatic rings. The van der Waals surface area contributed by atoms with Gasteiger partial charge in [0.25, 0.3) is 0 Å². The minimum Gasteiger partial charge on any atom is -0.462 e. The predicted molar refractivity (Wildman–Crippen MR) is 171 cm³/mol. The lowest BCUT2D eigenvalue weighted by Crippen LogP contribution is -2.60. The van der Waals surface area contributed by atoms with E-state index in [1.807, 2.05) is 20.8 Å². The van der Waals surface area contributed by atoms with Crippen LogP contribution in [0.15, 0.2) is 0 Å². The van der Waals surface area contributed by atoms with Gasteiger partial charge in [0.1, 0.15) is 12.2 Å². The average molecular weight is 631 g/mol. The summed E-state index contributed by atoms with van der Waals surface area (Å²) in [6, 6.07) is 0. The molecular formula is C38H62O7. The Morgan fingerprint density at radius 1 is 1.02 bits per heavy atom. The van der Waals surface area contributed by atoms with E-state index >= 15 is 0 Å². The lowest BCUT2D eigenvalue weighted by atomic mass is 9.41. The van der Waals surface area contributed by atoms with Crippen LogP contribution < -0.4 is 0 Å². The first-order valence-electron chi connectivity index (χ1n) is 18.5. The van der Waals surface area contributed by atoms with E-state index in [2.05, 4.69) is 34.6 Å². The number of ether oxygens (including phenoxy) is 4. The van der Waals surface area contributed by atoms with Crippen LogP contribution >= 0.6 is 0 Å². The standard InChI is InChI=1S/C38H62O7/c1-9-43-31(34(5,6)41)24-19-22(2)28-29(44-24)30(39)36(8)26-13-12-25-33(3,4)27(45-32(40)23-11-10-18-42-20-23)14-15-37(25)21-38(26,37)17-16-35(28,36)7/h22-31,39,41H,9-21H2,1-8H3/t22-,23+,24-,25+,26+,27+,28+,29+,30+,31+,35-,36-,37?,38+/m1/s1. The molecule has 0 aromatic rings. The van der Waals surface area contributed by atoms with Crippen molar-refractivity contribution in [2.24, 2.45) is 56.7 Å². The van der Waals surface area contributed by atoms with Crippen molar-refractivity contribution >= 4 is 5.97 Å². The van der Waals surface area contributed by atoms with Crippen LogP contribution in [-0.4, -0.2) is 72.1 Å². The summed E-state index contributed by atoms with van der Waals surface area (Å²) < 4.78 is 25.0. The van der Waals surface area contributed by atoms with Gasteiger partial charge in [-0.05, 0) is 125 Å². The summed E-state index contributed by atoms with van der Waals surface area (Å²) in [4.78, 5) is 13.2. The van der Waals surface area contributed by atoms with E-state index in [0.717, 1.165) is 58.0 Å². The van der Waals surface area contributed by atoms with E-state index in [1.54, 1.807) is 0 Å². The van der Waals surface area contributed by atoms with E-state index in [0.29, 0.717) is 31.0 Å². The zero-order valence-electron chi connectivity index (χ0n) is 29.4. The molecule has 1 unspecified atom stereocenters. The fourth-order valence-electron chi connectivity index (χ4n) is 13.8. The van der Waals surface area contributed by atoms with Crippen molar-refractivity contribution in [3.05, 3.63) is 0 Å². The molecule has 2 spiro atoms. The topological polar surface area (TPSA) is 94.5 Å². The van der Waals surface area contributed by atoms with Crippen molar-refractivity contribution in [2.75, 3.05) is 19.8 Å². The number of fused-ring (bicyclic) bond motifs is 4. The molecular weight excluding hydrogens is 568 g/mol. The van der Waals surface area contributed by atoms with Gasteiger partial charge in [-0.25, -0.2) is 0 Å². The molecule has 7 nitrogen and oxygen atoms in total. The molecule has 45 heavy (non-hydrogen) atoms. The van der Waals surface area contributed by atoms with Gasteiger partial charge in [0.2, 0.25) is 0 Å². The summed E-state index contributed by atoms with van der Waals surface area (Å²) in [6.45, 7) is 19.4. The number of esters is 1. The van der Waals surface area contributed by atoms with Crippen molar-refractivity contribution in [1.29, 1.82) is 0 Å². The fraction of sp³-hybridized carbons (Fsp3) is 0.974. The van der Waals surface area contributed by atoms with E-state index in [9.17, 15) is 15.0 Å². The second-order valence-corrected chi connectivity index (χ2v) is 18.4. The van der Waals surface area contributed by atoms with Gasteiger partial charge >= 0.3 is 5.97 Å². The van der Waals surface area contributed by atoms with E-state index < -0.39 is 17.8 Å². The van der Waals surface area contributed by atoms with E-state index in [-0.39, 0.29) is 63.2 Å². The Kier molecular flexibility index (Phi) is 7.75. The van der Waals surface area contributed by atoms with Gasteiger partial charge in [0, 0.05) is 24.0 Å². The normalized spacial score (nSPS) is 52.4. The Hall–Kier alpha value is -0.730. The van der Waals surface area contributed by atoms with Crippen LogP contribution in [0.4, 0.5) is 0 Å². The highest BCUT2D eigenvalue weighted by Gasteiger charge is 2.84. The highest BCUT2D eigenvalue weighted by Crippen LogP contribution is 2.89. The molecule has 0 radical (unpaired) electrons. The summed E-state index contributed by atoms with van der Waals surface area (Å²) in [5.41, 5.74) is -0.797. The van der Waals surface area contributed by atoms with Gasteiger partial charge in [-0.2, -0.15) is 0 Å². The highest BCUT2D eigenvalue weighted by atomic mass is 16.6. The monoisotopic (exact) mass is 630 g/mol. The SMILES string of the molecule is CCO[C@@H]([C@H]1C[C@@H](C)[C@H]2[C@H](O1)[C@H](O)[C@@]1(C)[C@@H]3CC[C@H]4C(C)(C)[C@@H](OC(=O)[C@H]5CCCOC5)CCC45C[C@@]35CC[C@]21C)C(C)(C)O. The van der Waals surface area contributed by atoms with Gasteiger partial charge < -0.3 is 29.2 Å². The van der Waals surface area contributed by atoms with Crippen LogP contribution in [0.2, 0.25) is 0 Å². The predicted octanol–water partition coefficient (Wildman–Crippen LogP) is 6.31. The first kappa shape index (κ1) is 32.8. The van der Waals surface area contributed by atoms with Crippen molar-refractivity contribution in [1.82, 2.24) is 0 Å². The third-order valence-electron chi connectivity index (χ3n) is 15.9. The van der Waals surface area contributed by atoms with Crippen LogP contribution in [0.5, 0.6) is 0 Å². The quantitative estimate of drug-likeness (QED) is 0.332. The molecule has 5 saturated carbocycles. The van der Waals surface area contributed by atoms with Crippen molar-refractivity contribution in [3.8, 4) is 0 Å². The lowest BCUT2D eigenvalue weighted by Gasteiger charge is -2.63. The molecule has 5 aliphatic carbocycles. The minimum absolute atomic E-state index is 0.00579. The summed E-state index contributed by atoms with van der Waals surface area (Å²) in [6.07, 6.45) is 9.13. The number of aliphatic hydroxyl groups excluding tert-OH is 1. The number of aliphatic hydroxyl groups is 2. The van der Waals surface area contributed by atoms with Crippen LogP contribution in [0.1, 0.15) is 120 Å². The van der Waals surface area contributed by atoms with Crippen molar-refractivity contribution in [2.45, 2.75) is 156 Å². The molecule has 0 aromatic carbocycles. The molecule has 0 bridgehead atoms. The first-order valence-corrected chi connectivity index (χ1v) is 18.5. The van der Waals surface area contributed by atoms with Crippen LogP contribution in [0.3, 0.4) is 0 Å². The second-order valence-electron chi connectivity index (χ2n) is 18.4. The summed E-state index contributed by atoms with van der Waals surface area (Å²) in [7, 11) is 0. The maximum Gasteiger partial charge on any atom is 0.311 e. The lowest BCUT2D eigenvalue weighted by molar-refractivity contribution is -0.215. The van der Waals surface area contributed by atoms with Crippen LogP contribution in [0, 0.1) is 56.7 Å². The Bertz CT molecular complexity index is 1160. The molecule has 7 fully saturated rings. The third-order valence-corrected chi connectivity index (χ3v) is 15.9. The molecule has 0 aromatic heterocycles. The molecule has 2 heterocycles. The smallest absolute Gasteiger partial charge is 0.311 e. The zero-order chi connectivity index (χ0) is 32.4. The molecule has 7 heteroatoms. The summed E-state index contributed by atoms with van der Waals surface area (Å²) >= 11 is 0. The minimum atomic E-state index is -1.02. The van der Waals surface area contributed by atoms with Crippen LogP contribution in [0.25, 0.3) is 0 Å². The molecule has 2 saturated heterocycles. The first-order chi connectivity index (χ1) is 21.1. The van der Waals surface area contributed by atoms with Gasteiger partial charge in [0.15, 0.2) is 0 Å². The maximum atomic E-state index is 13.2. The van der Waals surface area contributed by atoms with Gasteiger partial charge in [-0.3, -0.25) is 4.79 Å². The number of carbonyl (C=O) groups is 1. The van der Waals surface area contributed by atoms with Gasteiger partial charge in [0.05, 0.1) is 36.4 Å². The average Bonchev–Trinajstić information content (AvgIpc) is 3.61. The molecule has 2 aliphatic heterocycles. The maximum absolute atomic E-state index is 13.2. The number of hydrogen-bond acceptors (Lipinski definition) is 7. The fourth-order valence-corrected chi connectivity index (χ4v) is 13.8. The van der Waals surface area contributed by atoms with E-state index in [1.165, 1.54) is 12.8 Å². The number of hydrogen-bond donors (Lipinski definition) is 2. The Labute approximate surface area is 271 Å². The molecule has 0 amide bonds. The van der Waals surface area contributed by atoms with Crippen molar-refractivity contribution in [3.63, 3.8) is 0 Å².